The molecule has 1 amide bonds. The minimum absolute atomic E-state index is 0.119. The summed E-state index contributed by atoms with van der Waals surface area (Å²) in [5, 5.41) is 3.90. The zero-order valence-corrected chi connectivity index (χ0v) is 15.1. The van der Waals surface area contributed by atoms with Crippen molar-refractivity contribution in [2.24, 2.45) is 0 Å². The van der Waals surface area contributed by atoms with Crippen LogP contribution in [0.5, 0.6) is 0 Å². The van der Waals surface area contributed by atoms with Crippen molar-refractivity contribution in [1.82, 2.24) is 15.0 Å². The number of halogens is 2. The number of amides is 1. The molecule has 0 N–H and O–H groups in total. The minimum atomic E-state index is -0.916. The van der Waals surface area contributed by atoms with Crippen LogP contribution in [0.4, 0.5) is 8.78 Å². The first kappa shape index (κ1) is 19.1. The predicted molar refractivity (Wildman–Crippen MR) is 89.9 cm³/mol. The van der Waals surface area contributed by atoms with E-state index in [1.54, 1.807) is 14.0 Å². The molecule has 0 fully saturated rings. The van der Waals surface area contributed by atoms with Gasteiger partial charge in [0.25, 0.3) is 0 Å². The van der Waals surface area contributed by atoms with Crippen molar-refractivity contribution >= 4 is 5.91 Å². The van der Waals surface area contributed by atoms with Crippen molar-refractivity contribution in [2.75, 3.05) is 20.6 Å². The van der Waals surface area contributed by atoms with Crippen LogP contribution >= 0.6 is 0 Å². The topological polar surface area (TPSA) is 49.6 Å². The lowest BCUT2D eigenvalue weighted by molar-refractivity contribution is -0.132. The Labute approximate surface area is 146 Å². The summed E-state index contributed by atoms with van der Waals surface area (Å²) in [6.45, 7) is 6.20. The second-order valence-corrected chi connectivity index (χ2v) is 6.33. The van der Waals surface area contributed by atoms with Crippen LogP contribution in [0.3, 0.4) is 0 Å². The maximum Gasteiger partial charge on any atom is 0.236 e. The van der Waals surface area contributed by atoms with Gasteiger partial charge in [-0.15, -0.1) is 0 Å². The van der Waals surface area contributed by atoms with Gasteiger partial charge in [-0.25, -0.2) is 8.78 Å². The molecular weight excluding hydrogens is 328 g/mol. The fourth-order valence-corrected chi connectivity index (χ4v) is 2.61. The third-order valence-electron chi connectivity index (χ3n) is 4.41. The summed E-state index contributed by atoms with van der Waals surface area (Å²) in [6.07, 6.45) is 0. The molecule has 1 unspecified atom stereocenters. The number of hydrogen-bond donors (Lipinski definition) is 0. The maximum atomic E-state index is 13.4. The summed E-state index contributed by atoms with van der Waals surface area (Å²) >= 11 is 0. The predicted octanol–water partition coefficient (Wildman–Crippen LogP) is 3.22. The number of likely N-dealkylation sites (N-methyl/N-ethyl adjacent to an activating group) is 2. The average Bonchev–Trinajstić information content (AvgIpc) is 2.87. The van der Waals surface area contributed by atoms with Gasteiger partial charge in [0.1, 0.15) is 5.76 Å². The zero-order chi connectivity index (χ0) is 18.7. The maximum absolute atomic E-state index is 13.4. The van der Waals surface area contributed by atoms with Gasteiger partial charge >= 0.3 is 0 Å². The third kappa shape index (κ3) is 4.42. The van der Waals surface area contributed by atoms with Crippen molar-refractivity contribution in [1.29, 1.82) is 0 Å². The normalized spacial score (nSPS) is 12.5. The molecule has 0 aliphatic carbocycles. The first-order valence-corrected chi connectivity index (χ1v) is 8.01. The summed E-state index contributed by atoms with van der Waals surface area (Å²) in [4.78, 5) is 15.9. The molecular formula is C18H23F2N3O2. The quantitative estimate of drug-likeness (QED) is 0.802. The lowest BCUT2D eigenvalue weighted by atomic mass is 10.1. The molecule has 0 aliphatic rings. The van der Waals surface area contributed by atoms with Crippen LogP contribution in [0.15, 0.2) is 22.7 Å². The molecule has 0 bridgehead atoms. The van der Waals surface area contributed by atoms with Gasteiger partial charge in [0, 0.05) is 19.2 Å². The molecule has 1 heterocycles. The van der Waals surface area contributed by atoms with E-state index in [0.29, 0.717) is 12.1 Å². The molecule has 1 atom stereocenters. The summed E-state index contributed by atoms with van der Waals surface area (Å²) in [7, 11) is 3.48. The number of carbonyl (C=O) groups excluding carboxylic acids is 1. The standard InChI is InChI=1S/C18H23F2N3O2/c1-11-15(13(3)25-21-11)9-22(4)10-18(24)23(5)12(2)14-6-7-16(19)17(20)8-14/h6-8,12H,9-10H2,1-5H3. The van der Waals surface area contributed by atoms with Crippen molar-refractivity contribution < 1.29 is 18.1 Å². The van der Waals surface area contributed by atoms with Gasteiger partial charge in [0.05, 0.1) is 18.3 Å². The number of nitrogens with zero attached hydrogens (tertiary/aromatic N) is 3. The van der Waals surface area contributed by atoms with E-state index >= 15 is 0 Å². The Balaban J connectivity index is 2.00. The van der Waals surface area contributed by atoms with E-state index in [0.717, 1.165) is 29.2 Å². The van der Waals surface area contributed by atoms with Crippen LogP contribution in [-0.4, -0.2) is 41.5 Å². The molecule has 2 rings (SSSR count). The first-order valence-electron chi connectivity index (χ1n) is 8.01. The van der Waals surface area contributed by atoms with E-state index in [4.69, 9.17) is 4.52 Å². The molecule has 0 aliphatic heterocycles. The van der Waals surface area contributed by atoms with Gasteiger partial charge in [0.2, 0.25) is 5.91 Å². The molecule has 7 heteroatoms. The summed E-state index contributed by atoms with van der Waals surface area (Å²) in [5.74, 6) is -1.20. The first-order chi connectivity index (χ1) is 11.7. The van der Waals surface area contributed by atoms with E-state index in [2.05, 4.69) is 5.16 Å². The Morgan fingerprint density at radius 3 is 2.48 bits per heavy atom. The Morgan fingerprint density at radius 1 is 1.24 bits per heavy atom. The fourth-order valence-electron chi connectivity index (χ4n) is 2.61. The smallest absolute Gasteiger partial charge is 0.236 e. The molecule has 2 aromatic rings. The van der Waals surface area contributed by atoms with Gasteiger partial charge in [0.15, 0.2) is 11.6 Å². The monoisotopic (exact) mass is 351 g/mol. The zero-order valence-electron chi connectivity index (χ0n) is 15.1. The number of benzene rings is 1. The molecule has 0 saturated carbocycles. The van der Waals surface area contributed by atoms with Crippen LogP contribution in [0.1, 0.15) is 35.5 Å². The van der Waals surface area contributed by atoms with Gasteiger partial charge in [-0.2, -0.15) is 0 Å². The van der Waals surface area contributed by atoms with E-state index in [1.807, 2.05) is 25.8 Å². The second kappa shape index (κ2) is 7.74. The Kier molecular flexibility index (Phi) is 5.89. The number of rotatable bonds is 6. The number of hydrogen-bond acceptors (Lipinski definition) is 4. The van der Waals surface area contributed by atoms with Crippen molar-refractivity contribution in [3.8, 4) is 0 Å². The van der Waals surface area contributed by atoms with Crippen molar-refractivity contribution in [3.05, 3.63) is 52.4 Å². The van der Waals surface area contributed by atoms with Gasteiger partial charge < -0.3 is 9.42 Å². The van der Waals surface area contributed by atoms with E-state index in [9.17, 15) is 13.6 Å². The van der Waals surface area contributed by atoms with Crippen molar-refractivity contribution in [3.63, 3.8) is 0 Å². The van der Waals surface area contributed by atoms with Crippen LogP contribution in [0.25, 0.3) is 0 Å². The number of carbonyl (C=O) groups is 1. The largest absolute Gasteiger partial charge is 0.361 e. The van der Waals surface area contributed by atoms with Gasteiger partial charge in [-0.3, -0.25) is 9.69 Å². The van der Waals surface area contributed by atoms with E-state index in [1.165, 1.54) is 11.0 Å². The summed E-state index contributed by atoms with van der Waals surface area (Å²) in [6, 6.07) is 3.32. The molecule has 25 heavy (non-hydrogen) atoms. The fraction of sp³-hybridized carbons (Fsp3) is 0.444. The average molecular weight is 351 g/mol. The Bertz CT molecular complexity index is 741. The second-order valence-electron chi connectivity index (χ2n) is 6.33. The van der Waals surface area contributed by atoms with Gasteiger partial charge in [-0.1, -0.05) is 11.2 Å². The Hall–Kier alpha value is -2.28. The molecule has 0 radical (unpaired) electrons. The summed E-state index contributed by atoms with van der Waals surface area (Å²) < 4.78 is 31.6. The number of aryl methyl sites for hydroxylation is 2. The van der Waals surface area contributed by atoms with Crippen LogP contribution < -0.4 is 0 Å². The van der Waals surface area contributed by atoms with Crippen LogP contribution in [-0.2, 0) is 11.3 Å². The third-order valence-corrected chi connectivity index (χ3v) is 4.41. The van der Waals surface area contributed by atoms with Crippen LogP contribution in [0, 0.1) is 25.5 Å². The highest BCUT2D eigenvalue weighted by Crippen LogP contribution is 2.21. The molecule has 0 spiro atoms. The van der Waals surface area contributed by atoms with E-state index in [-0.39, 0.29) is 18.5 Å². The Morgan fingerprint density at radius 2 is 1.92 bits per heavy atom. The lowest BCUT2D eigenvalue weighted by Crippen LogP contribution is -2.37. The lowest BCUT2D eigenvalue weighted by Gasteiger charge is -2.27. The molecule has 0 saturated heterocycles. The SMILES string of the molecule is Cc1noc(C)c1CN(C)CC(=O)N(C)C(C)c1ccc(F)c(F)c1. The molecule has 5 nitrogen and oxygen atoms in total. The number of aromatic nitrogens is 1. The highest BCUT2D eigenvalue weighted by atomic mass is 19.2. The van der Waals surface area contributed by atoms with Gasteiger partial charge in [-0.05, 0) is 45.5 Å². The highest BCUT2D eigenvalue weighted by molar-refractivity contribution is 5.78. The van der Waals surface area contributed by atoms with E-state index < -0.39 is 11.6 Å². The van der Waals surface area contributed by atoms with Crippen molar-refractivity contribution in [2.45, 2.75) is 33.4 Å². The minimum Gasteiger partial charge on any atom is -0.361 e. The molecule has 136 valence electrons. The van der Waals surface area contributed by atoms with Crippen LogP contribution in [0.2, 0.25) is 0 Å². The molecule has 1 aromatic heterocycles. The molecule has 1 aromatic carbocycles. The highest BCUT2D eigenvalue weighted by Gasteiger charge is 2.21. The summed E-state index contributed by atoms with van der Waals surface area (Å²) in [5.41, 5.74) is 2.31.